The molecular formula is C12H8Br2ClFN2O2S. The van der Waals surface area contributed by atoms with Crippen LogP contribution in [0.15, 0.2) is 44.2 Å². The van der Waals surface area contributed by atoms with Gasteiger partial charge >= 0.3 is 0 Å². The number of nitrogens with one attached hydrogen (secondary N) is 1. The number of benzene rings is 2. The van der Waals surface area contributed by atoms with E-state index in [-0.39, 0.29) is 15.1 Å². The fourth-order valence-corrected chi connectivity index (χ4v) is 4.57. The van der Waals surface area contributed by atoms with Crippen LogP contribution in [0.5, 0.6) is 0 Å². The summed E-state index contributed by atoms with van der Waals surface area (Å²) in [5, 5.41) is 0.456. The van der Waals surface area contributed by atoms with Crippen LogP contribution >= 0.6 is 43.5 Å². The van der Waals surface area contributed by atoms with Crippen molar-refractivity contribution in [2.45, 2.75) is 4.90 Å². The molecule has 9 heteroatoms. The van der Waals surface area contributed by atoms with Gasteiger partial charge in [0.2, 0.25) is 0 Å². The topological polar surface area (TPSA) is 72.2 Å². The zero-order valence-electron chi connectivity index (χ0n) is 10.2. The highest BCUT2D eigenvalue weighted by atomic mass is 79.9. The highest BCUT2D eigenvalue weighted by Crippen LogP contribution is 2.31. The first kappa shape index (κ1) is 16.5. The van der Waals surface area contributed by atoms with Crippen LogP contribution < -0.4 is 10.5 Å². The molecule has 0 spiro atoms. The molecule has 112 valence electrons. The number of nitrogens with two attached hydrogens (primary N) is 1. The summed E-state index contributed by atoms with van der Waals surface area (Å²) in [6.45, 7) is 0. The Morgan fingerprint density at radius 1 is 1.14 bits per heavy atom. The van der Waals surface area contributed by atoms with Crippen molar-refractivity contribution < 1.29 is 12.8 Å². The number of anilines is 2. The van der Waals surface area contributed by atoms with E-state index in [4.69, 9.17) is 17.3 Å². The van der Waals surface area contributed by atoms with E-state index in [9.17, 15) is 12.8 Å². The van der Waals surface area contributed by atoms with Gasteiger partial charge in [-0.25, -0.2) is 12.8 Å². The Labute approximate surface area is 142 Å². The van der Waals surface area contributed by atoms with Gasteiger partial charge in [0.1, 0.15) is 10.7 Å². The van der Waals surface area contributed by atoms with Gasteiger partial charge in [-0.2, -0.15) is 0 Å². The van der Waals surface area contributed by atoms with Crippen molar-refractivity contribution in [3.05, 3.63) is 50.1 Å². The molecule has 0 saturated carbocycles. The maximum absolute atomic E-state index is 13.3. The maximum atomic E-state index is 13.3. The van der Waals surface area contributed by atoms with Crippen LogP contribution in [0.2, 0.25) is 5.02 Å². The lowest BCUT2D eigenvalue weighted by atomic mass is 10.3. The van der Waals surface area contributed by atoms with Crippen LogP contribution in [0, 0.1) is 5.82 Å². The number of hydrogen-bond acceptors (Lipinski definition) is 3. The SMILES string of the molecule is Nc1cc(S(=O)(=O)Nc2ccc(Cl)cc2Br)c(Br)cc1F. The Balaban J connectivity index is 2.46. The number of rotatable bonds is 3. The molecule has 0 unspecified atom stereocenters. The van der Waals surface area contributed by atoms with Crippen LogP contribution in [-0.4, -0.2) is 8.42 Å². The summed E-state index contributed by atoms with van der Waals surface area (Å²) in [7, 11) is -3.94. The summed E-state index contributed by atoms with van der Waals surface area (Å²) in [5.74, 6) is -0.700. The average Bonchev–Trinajstić information content (AvgIpc) is 2.37. The van der Waals surface area contributed by atoms with E-state index in [2.05, 4.69) is 36.6 Å². The molecule has 2 aromatic rings. The molecule has 0 aliphatic rings. The number of nitrogen functional groups attached to an aromatic ring is 1. The van der Waals surface area contributed by atoms with Gasteiger partial charge in [-0.3, -0.25) is 4.72 Å². The Bertz CT molecular complexity index is 815. The Morgan fingerprint density at radius 3 is 2.43 bits per heavy atom. The molecule has 0 saturated heterocycles. The minimum absolute atomic E-state index is 0.0757. The van der Waals surface area contributed by atoms with E-state index in [1.807, 2.05) is 0 Å². The highest BCUT2D eigenvalue weighted by molar-refractivity contribution is 9.11. The van der Waals surface area contributed by atoms with E-state index >= 15 is 0 Å². The third kappa shape index (κ3) is 3.68. The van der Waals surface area contributed by atoms with E-state index < -0.39 is 15.8 Å². The van der Waals surface area contributed by atoms with Crippen LogP contribution in [0.3, 0.4) is 0 Å². The number of halogens is 4. The average molecular weight is 459 g/mol. The smallest absolute Gasteiger partial charge is 0.263 e. The fourth-order valence-electron chi connectivity index (χ4n) is 1.52. The summed E-state index contributed by atoms with van der Waals surface area (Å²) in [6.07, 6.45) is 0. The van der Waals surface area contributed by atoms with Crippen molar-refractivity contribution in [1.29, 1.82) is 0 Å². The third-order valence-corrected chi connectivity index (χ3v) is 5.73. The van der Waals surface area contributed by atoms with Crippen LogP contribution in [-0.2, 0) is 10.0 Å². The van der Waals surface area contributed by atoms with E-state index in [0.29, 0.717) is 15.2 Å². The normalized spacial score (nSPS) is 11.4. The standard InChI is InChI=1S/C12H8Br2ClFN2O2S/c13-7-3-6(15)1-2-11(7)18-21(19,20)12-5-10(17)9(16)4-8(12)14/h1-5,18H,17H2. The van der Waals surface area contributed by atoms with Crippen LogP contribution in [0.1, 0.15) is 0 Å². The van der Waals surface area contributed by atoms with Gasteiger partial charge in [-0.1, -0.05) is 11.6 Å². The van der Waals surface area contributed by atoms with Gasteiger partial charge in [0.25, 0.3) is 10.0 Å². The van der Waals surface area contributed by atoms with Crippen molar-refractivity contribution in [2.75, 3.05) is 10.5 Å². The van der Waals surface area contributed by atoms with Crippen LogP contribution in [0.25, 0.3) is 0 Å². The van der Waals surface area contributed by atoms with Crippen LogP contribution in [0.4, 0.5) is 15.8 Å². The lowest BCUT2D eigenvalue weighted by Gasteiger charge is -2.12. The molecule has 0 bridgehead atoms. The lowest BCUT2D eigenvalue weighted by molar-refractivity contribution is 0.599. The quantitative estimate of drug-likeness (QED) is 0.671. The summed E-state index contributed by atoms with van der Waals surface area (Å²) in [4.78, 5) is -0.164. The van der Waals surface area contributed by atoms with Gasteiger partial charge < -0.3 is 5.73 Å². The largest absolute Gasteiger partial charge is 0.396 e. The molecule has 3 N–H and O–H groups in total. The summed E-state index contributed by atoms with van der Waals surface area (Å²) in [5.41, 5.74) is 5.46. The predicted octanol–water partition coefficient (Wildman–Crippen LogP) is 4.39. The monoisotopic (exact) mass is 456 g/mol. The second-order valence-electron chi connectivity index (χ2n) is 4.03. The van der Waals surface area contributed by atoms with Gasteiger partial charge in [0, 0.05) is 14.0 Å². The van der Waals surface area contributed by atoms with Gasteiger partial charge in [-0.05, 0) is 62.2 Å². The van der Waals surface area contributed by atoms with E-state index in [0.717, 1.165) is 12.1 Å². The highest BCUT2D eigenvalue weighted by Gasteiger charge is 2.21. The second kappa shape index (κ2) is 6.12. The summed E-state index contributed by atoms with van der Waals surface area (Å²) in [6, 6.07) is 6.64. The van der Waals surface area contributed by atoms with Crippen molar-refractivity contribution in [2.24, 2.45) is 0 Å². The summed E-state index contributed by atoms with van der Waals surface area (Å²) >= 11 is 12.0. The first-order chi connectivity index (χ1) is 9.70. The predicted molar refractivity (Wildman–Crippen MR) is 88.5 cm³/mol. The third-order valence-electron chi connectivity index (χ3n) is 2.52. The molecule has 4 nitrogen and oxygen atoms in total. The van der Waals surface area contributed by atoms with Gasteiger partial charge in [-0.15, -0.1) is 0 Å². The first-order valence-electron chi connectivity index (χ1n) is 5.43. The lowest BCUT2D eigenvalue weighted by Crippen LogP contribution is -2.14. The van der Waals surface area contributed by atoms with Crippen molar-refractivity contribution >= 4 is 64.9 Å². The van der Waals surface area contributed by atoms with Crippen molar-refractivity contribution in [3.8, 4) is 0 Å². The zero-order valence-corrected chi connectivity index (χ0v) is 14.9. The minimum Gasteiger partial charge on any atom is -0.396 e. The zero-order chi connectivity index (χ0) is 15.8. The molecule has 0 aliphatic heterocycles. The van der Waals surface area contributed by atoms with Gasteiger partial charge in [0.15, 0.2) is 0 Å². The maximum Gasteiger partial charge on any atom is 0.263 e. The Kier molecular flexibility index (Phi) is 4.82. The summed E-state index contributed by atoms with van der Waals surface area (Å²) < 4.78 is 40.9. The van der Waals surface area contributed by atoms with Crippen molar-refractivity contribution in [3.63, 3.8) is 0 Å². The molecule has 0 aromatic heterocycles. The number of sulfonamides is 1. The molecule has 0 fully saturated rings. The molecule has 0 aliphatic carbocycles. The molecule has 21 heavy (non-hydrogen) atoms. The van der Waals surface area contributed by atoms with E-state index in [1.165, 1.54) is 12.1 Å². The van der Waals surface area contributed by atoms with Crippen molar-refractivity contribution in [1.82, 2.24) is 0 Å². The molecule has 0 amide bonds. The molecule has 2 aromatic carbocycles. The number of hydrogen-bond donors (Lipinski definition) is 2. The minimum atomic E-state index is -3.94. The molecule has 0 heterocycles. The molecule has 2 rings (SSSR count). The molecule has 0 atom stereocenters. The fraction of sp³-hybridized carbons (Fsp3) is 0. The second-order valence-corrected chi connectivity index (χ2v) is 7.83. The molecular weight excluding hydrogens is 450 g/mol. The molecule has 0 radical (unpaired) electrons. The van der Waals surface area contributed by atoms with E-state index in [1.54, 1.807) is 6.07 Å². The first-order valence-corrected chi connectivity index (χ1v) is 8.88. The Morgan fingerprint density at radius 2 is 1.81 bits per heavy atom. The van der Waals surface area contributed by atoms with Gasteiger partial charge in [0.05, 0.1) is 11.4 Å². The Hall–Kier alpha value is -0.830.